The second kappa shape index (κ2) is 3.11. The lowest BCUT2D eigenvalue weighted by Crippen LogP contribution is -2.39. The molecule has 1 aliphatic heterocycles. The van der Waals surface area contributed by atoms with Crippen molar-refractivity contribution in [1.82, 2.24) is 0 Å². The highest BCUT2D eigenvalue weighted by molar-refractivity contribution is 4.89. The molecule has 1 saturated carbocycles. The molecule has 11 heavy (non-hydrogen) atoms. The zero-order chi connectivity index (χ0) is 7.57. The molecule has 0 unspecified atom stereocenters. The second-order valence-corrected chi connectivity index (χ2v) is 3.68. The summed E-state index contributed by atoms with van der Waals surface area (Å²) in [6.07, 6.45) is 7.37. The third kappa shape index (κ3) is 1.57. The first kappa shape index (κ1) is 7.56. The predicted molar refractivity (Wildman–Crippen MR) is 42.0 cm³/mol. The van der Waals surface area contributed by atoms with Crippen molar-refractivity contribution in [1.29, 1.82) is 0 Å². The number of ether oxygens (including phenoxy) is 2. The smallest absolute Gasteiger partial charge is 0.146 e. The van der Waals surface area contributed by atoms with Crippen molar-refractivity contribution in [2.45, 2.75) is 25.7 Å². The normalized spacial score (nSPS) is 30.5. The van der Waals surface area contributed by atoms with Crippen LogP contribution in [0, 0.1) is 11.8 Å². The van der Waals surface area contributed by atoms with Crippen molar-refractivity contribution in [2.75, 3.05) is 20.0 Å². The first-order chi connectivity index (χ1) is 5.41. The number of rotatable bonds is 0. The Morgan fingerprint density at radius 3 is 2.27 bits per heavy atom. The first-order valence-electron chi connectivity index (χ1n) is 4.39. The van der Waals surface area contributed by atoms with E-state index >= 15 is 0 Å². The van der Waals surface area contributed by atoms with Crippen LogP contribution in [0.1, 0.15) is 25.7 Å². The highest BCUT2D eigenvalue weighted by Crippen LogP contribution is 2.37. The Labute approximate surface area is 67.9 Å². The lowest BCUT2D eigenvalue weighted by Gasteiger charge is -2.39. The zero-order valence-corrected chi connectivity index (χ0v) is 6.84. The highest BCUT2D eigenvalue weighted by Gasteiger charge is 2.34. The molecule has 2 nitrogen and oxygen atoms in total. The van der Waals surface area contributed by atoms with E-state index in [2.05, 4.69) is 6.42 Å². The Balaban J connectivity index is 1.94. The summed E-state index contributed by atoms with van der Waals surface area (Å²) >= 11 is 0. The van der Waals surface area contributed by atoms with Crippen molar-refractivity contribution in [3.8, 4) is 0 Å². The van der Waals surface area contributed by atoms with Gasteiger partial charge in [0.1, 0.15) is 6.79 Å². The molecule has 1 radical (unpaired) electrons. The second-order valence-electron chi connectivity index (χ2n) is 3.68. The van der Waals surface area contributed by atoms with Gasteiger partial charge in [-0.05, 0) is 32.1 Å². The van der Waals surface area contributed by atoms with Crippen molar-refractivity contribution in [2.24, 2.45) is 5.41 Å². The third-order valence-electron chi connectivity index (χ3n) is 2.74. The molecule has 0 aromatic rings. The summed E-state index contributed by atoms with van der Waals surface area (Å²) in [6, 6.07) is 0. The maximum atomic E-state index is 5.33. The molecule has 0 aromatic heterocycles. The third-order valence-corrected chi connectivity index (χ3v) is 2.74. The monoisotopic (exact) mass is 155 g/mol. The minimum absolute atomic E-state index is 0.382. The van der Waals surface area contributed by atoms with Crippen LogP contribution in [0.15, 0.2) is 0 Å². The number of hydrogen-bond acceptors (Lipinski definition) is 2. The van der Waals surface area contributed by atoms with Crippen LogP contribution in [0.3, 0.4) is 0 Å². The van der Waals surface area contributed by atoms with E-state index in [1.807, 2.05) is 0 Å². The molecule has 0 amide bonds. The summed E-state index contributed by atoms with van der Waals surface area (Å²) in [7, 11) is 0. The van der Waals surface area contributed by atoms with Crippen LogP contribution in [0.25, 0.3) is 0 Å². The minimum Gasteiger partial charge on any atom is -0.355 e. The van der Waals surface area contributed by atoms with Gasteiger partial charge in [-0.15, -0.1) is 0 Å². The molecule has 2 heteroatoms. The van der Waals surface area contributed by atoms with Gasteiger partial charge in [-0.3, -0.25) is 0 Å². The fourth-order valence-corrected chi connectivity index (χ4v) is 1.99. The van der Waals surface area contributed by atoms with Gasteiger partial charge in [0.05, 0.1) is 13.2 Å². The maximum absolute atomic E-state index is 5.33. The molecule has 0 bridgehead atoms. The van der Waals surface area contributed by atoms with Crippen molar-refractivity contribution < 1.29 is 9.47 Å². The van der Waals surface area contributed by atoms with E-state index in [9.17, 15) is 0 Å². The average Bonchev–Trinajstić information content (AvgIpc) is 2.07. The Hall–Kier alpha value is -0.0800. The van der Waals surface area contributed by atoms with Crippen LogP contribution in [-0.2, 0) is 9.47 Å². The van der Waals surface area contributed by atoms with Crippen LogP contribution in [-0.4, -0.2) is 20.0 Å². The molecule has 2 aliphatic rings. The molecule has 1 heterocycles. The van der Waals surface area contributed by atoms with E-state index in [0.717, 1.165) is 13.2 Å². The molecular formula is C9H15O2. The quantitative estimate of drug-likeness (QED) is 0.530. The molecule has 2 fully saturated rings. The SMILES string of the molecule is [CH]1CCC2(CC1)COCOC2. The molecule has 1 spiro atoms. The van der Waals surface area contributed by atoms with E-state index in [1.54, 1.807) is 0 Å². The Morgan fingerprint density at radius 1 is 1.00 bits per heavy atom. The zero-order valence-electron chi connectivity index (χ0n) is 6.84. The van der Waals surface area contributed by atoms with Gasteiger partial charge in [0, 0.05) is 5.41 Å². The van der Waals surface area contributed by atoms with Crippen LogP contribution >= 0.6 is 0 Å². The van der Waals surface area contributed by atoms with Gasteiger partial charge in [-0.2, -0.15) is 0 Å². The summed E-state index contributed by atoms with van der Waals surface area (Å²) in [5, 5.41) is 0. The van der Waals surface area contributed by atoms with Gasteiger partial charge in [0.15, 0.2) is 0 Å². The Bertz CT molecular complexity index is 102. The Morgan fingerprint density at radius 2 is 1.64 bits per heavy atom. The molecule has 0 atom stereocenters. The van der Waals surface area contributed by atoms with Gasteiger partial charge < -0.3 is 9.47 Å². The topological polar surface area (TPSA) is 18.5 Å². The fourth-order valence-electron chi connectivity index (χ4n) is 1.99. The van der Waals surface area contributed by atoms with Crippen LogP contribution in [0.4, 0.5) is 0 Å². The van der Waals surface area contributed by atoms with Crippen molar-refractivity contribution >= 4 is 0 Å². The first-order valence-corrected chi connectivity index (χ1v) is 4.39. The molecule has 2 rings (SSSR count). The average molecular weight is 155 g/mol. The predicted octanol–water partition coefficient (Wildman–Crippen LogP) is 1.76. The van der Waals surface area contributed by atoms with Crippen LogP contribution in [0.5, 0.6) is 0 Å². The Kier molecular flexibility index (Phi) is 2.14. The van der Waals surface area contributed by atoms with E-state index in [1.165, 1.54) is 25.7 Å². The van der Waals surface area contributed by atoms with Gasteiger partial charge in [-0.1, -0.05) is 0 Å². The largest absolute Gasteiger partial charge is 0.355 e. The summed E-state index contributed by atoms with van der Waals surface area (Å²) in [5.41, 5.74) is 0.382. The van der Waals surface area contributed by atoms with Gasteiger partial charge in [0.2, 0.25) is 0 Å². The molecule has 1 aliphatic carbocycles. The molecule has 63 valence electrons. The van der Waals surface area contributed by atoms with E-state index in [-0.39, 0.29) is 0 Å². The van der Waals surface area contributed by atoms with Gasteiger partial charge in [-0.25, -0.2) is 0 Å². The van der Waals surface area contributed by atoms with E-state index in [4.69, 9.17) is 9.47 Å². The van der Waals surface area contributed by atoms with Crippen molar-refractivity contribution in [3.63, 3.8) is 0 Å². The lowest BCUT2D eigenvalue weighted by molar-refractivity contribution is -0.171. The molecule has 1 saturated heterocycles. The highest BCUT2D eigenvalue weighted by atomic mass is 16.7. The summed E-state index contributed by atoms with van der Waals surface area (Å²) in [5.74, 6) is 0. The fraction of sp³-hybridized carbons (Fsp3) is 0.889. The van der Waals surface area contributed by atoms with Crippen LogP contribution in [0.2, 0.25) is 0 Å². The summed E-state index contributed by atoms with van der Waals surface area (Å²) in [6.45, 7) is 2.34. The van der Waals surface area contributed by atoms with Gasteiger partial charge in [0.25, 0.3) is 0 Å². The van der Waals surface area contributed by atoms with Gasteiger partial charge >= 0.3 is 0 Å². The standard InChI is InChI=1S/C9H15O2/c1-2-4-9(5-3-1)6-10-8-11-7-9/h1H,2-8H2. The maximum Gasteiger partial charge on any atom is 0.146 e. The lowest BCUT2D eigenvalue weighted by atomic mass is 9.75. The minimum atomic E-state index is 0.382. The van der Waals surface area contributed by atoms with E-state index < -0.39 is 0 Å². The number of hydrogen-bond donors (Lipinski definition) is 0. The molecule has 0 aromatic carbocycles. The summed E-state index contributed by atoms with van der Waals surface area (Å²) in [4.78, 5) is 0. The van der Waals surface area contributed by atoms with Crippen LogP contribution < -0.4 is 0 Å². The van der Waals surface area contributed by atoms with E-state index in [0.29, 0.717) is 12.2 Å². The van der Waals surface area contributed by atoms with Crippen molar-refractivity contribution in [3.05, 3.63) is 6.42 Å². The molecule has 0 N–H and O–H groups in total. The summed E-state index contributed by atoms with van der Waals surface area (Å²) < 4.78 is 10.7. The molecular weight excluding hydrogens is 140 g/mol.